The topological polar surface area (TPSA) is 53.2 Å². The van der Waals surface area contributed by atoms with E-state index in [2.05, 4.69) is 4.98 Å². The van der Waals surface area contributed by atoms with Gasteiger partial charge in [0, 0.05) is 31.5 Å². The van der Waals surface area contributed by atoms with Crippen LogP contribution in [0.2, 0.25) is 0 Å². The van der Waals surface area contributed by atoms with E-state index < -0.39 is 30.5 Å². The van der Waals surface area contributed by atoms with E-state index in [9.17, 15) is 22.8 Å². The summed E-state index contributed by atoms with van der Waals surface area (Å²) in [6.45, 7) is 1.17. The molecule has 0 saturated heterocycles. The third-order valence-electron chi connectivity index (χ3n) is 2.37. The Balaban J connectivity index is 2.78. The second-order valence-electron chi connectivity index (χ2n) is 3.99. The second kappa shape index (κ2) is 5.24. The molecular formula is C11H13F3N2O2. The molecule has 1 rings (SSSR count). The minimum Gasteiger partial charge on any atom is -0.364 e. The average Bonchev–Trinajstić information content (AvgIpc) is 2.24. The molecule has 1 heterocycles. The Morgan fingerprint density at radius 1 is 1.44 bits per heavy atom. The molecule has 0 saturated carbocycles. The maximum absolute atomic E-state index is 12.0. The summed E-state index contributed by atoms with van der Waals surface area (Å²) in [5.41, 5.74) is -0.0881. The number of pyridine rings is 1. The lowest BCUT2D eigenvalue weighted by molar-refractivity contribution is -0.136. The van der Waals surface area contributed by atoms with E-state index >= 15 is 0 Å². The number of nitrogens with zero attached hydrogens (tertiary/aromatic N) is 1. The summed E-state index contributed by atoms with van der Waals surface area (Å²) in [6, 6.07) is 1.23. The van der Waals surface area contributed by atoms with Gasteiger partial charge in [-0.25, -0.2) is 0 Å². The van der Waals surface area contributed by atoms with Crippen LogP contribution in [-0.2, 0) is 0 Å². The fourth-order valence-corrected chi connectivity index (χ4v) is 1.34. The van der Waals surface area contributed by atoms with Crippen LogP contribution in [0.1, 0.15) is 22.5 Å². The van der Waals surface area contributed by atoms with Crippen LogP contribution in [0.15, 0.2) is 17.1 Å². The molecule has 0 spiro atoms. The van der Waals surface area contributed by atoms with E-state index in [1.165, 1.54) is 19.3 Å². The van der Waals surface area contributed by atoms with Gasteiger partial charge in [0.25, 0.3) is 5.91 Å². The molecule has 0 unspecified atom stereocenters. The molecule has 0 aliphatic rings. The highest BCUT2D eigenvalue weighted by atomic mass is 19.4. The molecule has 1 amide bonds. The zero-order valence-electron chi connectivity index (χ0n) is 9.97. The van der Waals surface area contributed by atoms with Gasteiger partial charge >= 0.3 is 6.18 Å². The molecule has 0 aromatic carbocycles. The SMILES string of the molecule is Cc1cc(=O)c(C(=O)N(C)CCC(F)(F)F)c[nH]1. The maximum atomic E-state index is 12.0. The van der Waals surface area contributed by atoms with Gasteiger partial charge in [-0.3, -0.25) is 9.59 Å². The van der Waals surface area contributed by atoms with E-state index in [4.69, 9.17) is 0 Å². The van der Waals surface area contributed by atoms with Crippen LogP contribution >= 0.6 is 0 Å². The van der Waals surface area contributed by atoms with Gasteiger partial charge in [0.15, 0.2) is 5.43 Å². The number of aromatic amines is 1. The first kappa shape index (κ1) is 14.3. The smallest absolute Gasteiger partial charge is 0.364 e. The predicted molar refractivity (Wildman–Crippen MR) is 59.4 cm³/mol. The molecule has 1 N–H and O–H groups in total. The number of carbonyl (C=O) groups excluding carboxylic acids is 1. The fraction of sp³-hybridized carbons (Fsp3) is 0.455. The molecule has 7 heteroatoms. The number of alkyl halides is 3. The van der Waals surface area contributed by atoms with Crippen molar-refractivity contribution in [3.63, 3.8) is 0 Å². The Kier molecular flexibility index (Phi) is 4.15. The van der Waals surface area contributed by atoms with Crippen molar-refractivity contribution in [2.75, 3.05) is 13.6 Å². The third-order valence-corrected chi connectivity index (χ3v) is 2.37. The number of nitrogens with one attached hydrogen (secondary N) is 1. The maximum Gasteiger partial charge on any atom is 0.390 e. The normalized spacial score (nSPS) is 11.4. The molecule has 1 aromatic heterocycles. The van der Waals surface area contributed by atoms with Crippen LogP contribution in [-0.4, -0.2) is 35.6 Å². The van der Waals surface area contributed by atoms with Gasteiger partial charge < -0.3 is 9.88 Å². The van der Waals surface area contributed by atoms with Crippen molar-refractivity contribution in [1.82, 2.24) is 9.88 Å². The predicted octanol–water partition coefficient (Wildman–Crippen LogP) is 1.71. The van der Waals surface area contributed by atoms with Gasteiger partial charge in [-0.15, -0.1) is 0 Å². The monoisotopic (exact) mass is 262 g/mol. The van der Waals surface area contributed by atoms with Gasteiger partial charge in [0.2, 0.25) is 0 Å². The van der Waals surface area contributed by atoms with Crippen LogP contribution in [0.3, 0.4) is 0 Å². The first-order valence-electron chi connectivity index (χ1n) is 5.22. The molecule has 100 valence electrons. The van der Waals surface area contributed by atoms with Crippen LogP contribution < -0.4 is 5.43 Å². The molecular weight excluding hydrogens is 249 g/mol. The highest BCUT2D eigenvalue weighted by molar-refractivity contribution is 5.93. The van der Waals surface area contributed by atoms with E-state index in [1.807, 2.05) is 0 Å². The van der Waals surface area contributed by atoms with Crippen LogP contribution in [0.5, 0.6) is 0 Å². The van der Waals surface area contributed by atoms with E-state index in [-0.39, 0.29) is 5.56 Å². The summed E-state index contributed by atoms with van der Waals surface area (Å²) >= 11 is 0. The van der Waals surface area contributed by atoms with Gasteiger partial charge in [-0.2, -0.15) is 13.2 Å². The van der Waals surface area contributed by atoms with Crippen molar-refractivity contribution >= 4 is 5.91 Å². The minimum atomic E-state index is -4.33. The second-order valence-corrected chi connectivity index (χ2v) is 3.99. The standard InChI is InChI=1S/C11H13F3N2O2/c1-7-5-9(17)8(6-15-7)10(18)16(2)4-3-11(12,13)14/h5-6H,3-4H2,1-2H3,(H,15,17). The number of aromatic nitrogens is 1. The lowest BCUT2D eigenvalue weighted by Gasteiger charge is -2.17. The van der Waals surface area contributed by atoms with Gasteiger partial charge in [-0.1, -0.05) is 0 Å². The van der Waals surface area contributed by atoms with E-state index in [1.54, 1.807) is 6.92 Å². The zero-order chi connectivity index (χ0) is 13.9. The summed E-state index contributed by atoms with van der Waals surface area (Å²) in [6.07, 6.45) is -4.21. The van der Waals surface area contributed by atoms with Crippen molar-refractivity contribution in [1.29, 1.82) is 0 Å². The third kappa shape index (κ3) is 3.90. The molecule has 18 heavy (non-hydrogen) atoms. The van der Waals surface area contributed by atoms with Gasteiger partial charge in [-0.05, 0) is 6.92 Å². The van der Waals surface area contributed by atoms with Crippen LogP contribution in [0.25, 0.3) is 0 Å². The number of hydrogen-bond acceptors (Lipinski definition) is 2. The molecule has 0 aliphatic carbocycles. The number of amides is 1. The Morgan fingerprint density at radius 2 is 2.06 bits per heavy atom. The summed E-state index contributed by atoms with van der Waals surface area (Å²) in [5.74, 6) is -0.722. The lowest BCUT2D eigenvalue weighted by atomic mass is 10.2. The van der Waals surface area contributed by atoms with Crippen molar-refractivity contribution in [2.24, 2.45) is 0 Å². The molecule has 0 aliphatic heterocycles. The van der Waals surface area contributed by atoms with Gasteiger partial charge in [0.1, 0.15) is 5.56 Å². The molecule has 0 atom stereocenters. The molecule has 0 fully saturated rings. The van der Waals surface area contributed by atoms with Crippen LogP contribution in [0, 0.1) is 6.92 Å². The quantitative estimate of drug-likeness (QED) is 0.901. The number of halogens is 3. The number of hydrogen-bond donors (Lipinski definition) is 1. The molecule has 0 radical (unpaired) electrons. The van der Waals surface area contributed by atoms with Crippen molar-refractivity contribution in [3.8, 4) is 0 Å². The van der Waals surface area contributed by atoms with Gasteiger partial charge in [0.05, 0.1) is 6.42 Å². The highest BCUT2D eigenvalue weighted by Crippen LogP contribution is 2.19. The van der Waals surface area contributed by atoms with Crippen molar-refractivity contribution in [2.45, 2.75) is 19.5 Å². The van der Waals surface area contributed by atoms with E-state index in [0.29, 0.717) is 5.69 Å². The lowest BCUT2D eigenvalue weighted by Crippen LogP contribution is -2.33. The zero-order valence-corrected chi connectivity index (χ0v) is 9.97. The van der Waals surface area contributed by atoms with Crippen LogP contribution in [0.4, 0.5) is 13.2 Å². The average molecular weight is 262 g/mol. The fourth-order valence-electron chi connectivity index (χ4n) is 1.34. The summed E-state index contributed by atoms with van der Waals surface area (Å²) < 4.78 is 36.0. The Morgan fingerprint density at radius 3 is 2.56 bits per heavy atom. The first-order valence-corrected chi connectivity index (χ1v) is 5.22. The summed E-state index contributed by atoms with van der Waals surface area (Å²) in [5, 5.41) is 0. The van der Waals surface area contributed by atoms with E-state index in [0.717, 1.165) is 4.90 Å². The molecule has 0 bridgehead atoms. The molecule has 4 nitrogen and oxygen atoms in total. The Bertz CT molecular complexity index is 494. The Hall–Kier alpha value is -1.79. The van der Waals surface area contributed by atoms with Crippen molar-refractivity contribution in [3.05, 3.63) is 33.7 Å². The number of rotatable bonds is 3. The highest BCUT2D eigenvalue weighted by Gasteiger charge is 2.28. The minimum absolute atomic E-state index is 0.162. The summed E-state index contributed by atoms with van der Waals surface area (Å²) in [7, 11) is 1.23. The van der Waals surface area contributed by atoms with Crippen molar-refractivity contribution < 1.29 is 18.0 Å². The first-order chi connectivity index (χ1) is 8.20. The number of aryl methyl sites for hydroxylation is 1. The Labute approximate surface area is 101 Å². The summed E-state index contributed by atoms with van der Waals surface area (Å²) in [4.78, 5) is 26.8. The number of carbonyl (C=O) groups is 1. The molecule has 1 aromatic rings. The number of H-pyrrole nitrogens is 1. The largest absolute Gasteiger partial charge is 0.390 e.